The fourth-order valence-corrected chi connectivity index (χ4v) is 3.60. The molecule has 0 bridgehead atoms. The van der Waals surface area contributed by atoms with Crippen LogP contribution in [0.1, 0.15) is 22.3 Å². The summed E-state index contributed by atoms with van der Waals surface area (Å²) in [5.41, 5.74) is 5.63. The molecule has 4 aromatic rings. The molecule has 0 saturated carbocycles. The number of benzene rings is 4. The van der Waals surface area contributed by atoms with Gasteiger partial charge in [0.25, 0.3) is 0 Å². The van der Waals surface area contributed by atoms with Crippen molar-refractivity contribution < 1.29 is 0 Å². The first-order valence-corrected chi connectivity index (χ1v) is 7.23. The molecule has 0 nitrogen and oxygen atoms in total. The molecule has 4 rings (SSSR count). The van der Waals surface area contributed by atoms with Crippen LogP contribution in [0.25, 0.3) is 32.3 Å². The second-order valence-corrected chi connectivity index (χ2v) is 6.00. The van der Waals surface area contributed by atoms with Crippen molar-refractivity contribution >= 4 is 32.3 Å². The van der Waals surface area contributed by atoms with E-state index in [-0.39, 0.29) is 0 Å². The fourth-order valence-electron chi connectivity index (χ4n) is 3.60. The van der Waals surface area contributed by atoms with Crippen molar-refractivity contribution in [1.29, 1.82) is 0 Å². The van der Waals surface area contributed by atoms with Crippen molar-refractivity contribution in [3.63, 3.8) is 0 Å². The molecule has 0 aromatic heterocycles. The van der Waals surface area contributed by atoms with E-state index in [9.17, 15) is 0 Å². The zero-order valence-electron chi connectivity index (χ0n) is 12.5. The van der Waals surface area contributed by atoms with Crippen molar-refractivity contribution in [2.24, 2.45) is 0 Å². The largest absolute Gasteiger partial charge is 0.0581 e. The standard InChI is InChI=1S/C20H18/c1-11-5-6-15-7-8-17-13(3)12(2)14(4)18-10-9-16(11)19(15)20(17)18/h5-10H,1-4H3. The van der Waals surface area contributed by atoms with Gasteiger partial charge in [0.2, 0.25) is 0 Å². The SMILES string of the molecule is Cc1c(C)c2ccc3ccc(C)c4ccc(c1C)c2c34. The molecule has 4 aromatic carbocycles. The van der Waals surface area contributed by atoms with Gasteiger partial charge in [-0.1, -0.05) is 36.4 Å². The van der Waals surface area contributed by atoms with Crippen molar-refractivity contribution in [3.05, 3.63) is 58.7 Å². The van der Waals surface area contributed by atoms with E-state index < -0.39 is 0 Å². The number of hydrogen-bond acceptors (Lipinski definition) is 0. The lowest BCUT2D eigenvalue weighted by Crippen LogP contribution is -1.94. The molecule has 0 saturated heterocycles. The summed E-state index contributed by atoms with van der Waals surface area (Å²) in [6, 6.07) is 13.6. The molecule has 0 atom stereocenters. The Balaban J connectivity index is 2.46. The van der Waals surface area contributed by atoms with Gasteiger partial charge in [-0.2, -0.15) is 0 Å². The molecule has 0 radical (unpaired) electrons. The topological polar surface area (TPSA) is 0 Å². The molecular formula is C20H18. The Morgan fingerprint density at radius 2 is 1.05 bits per heavy atom. The van der Waals surface area contributed by atoms with Crippen LogP contribution >= 0.6 is 0 Å². The van der Waals surface area contributed by atoms with Crippen LogP contribution < -0.4 is 0 Å². The Morgan fingerprint density at radius 3 is 1.75 bits per heavy atom. The Kier molecular flexibility index (Phi) is 2.18. The lowest BCUT2D eigenvalue weighted by Gasteiger charge is -2.18. The average molecular weight is 258 g/mol. The maximum Gasteiger partial charge on any atom is -0.00212 e. The molecule has 20 heavy (non-hydrogen) atoms. The van der Waals surface area contributed by atoms with E-state index >= 15 is 0 Å². The minimum absolute atomic E-state index is 1.35. The molecule has 0 N–H and O–H groups in total. The maximum absolute atomic E-state index is 2.30. The zero-order valence-corrected chi connectivity index (χ0v) is 12.5. The Labute approximate surface area is 119 Å². The van der Waals surface area contributed by atoms with Gasteiger partial charge in [-0.15, -0.1) is 0 Å². The second kappa shape index (κ2) is 3.73. The molecule has 0 spiro atoms. The predicted molar refractivity (Wildman–Crippen MR) is 89.1 cm³/mol. The van der Waals surface area contributed by atoms with E-state index in [0.29, 0.717) is 0 Å². The summed E-state index contributed by atoms with van der Waals surface area (Å²) < 4.78 is 0. The number of rotatable bonds is 0. The van der Waals surface area contributed by atoms with Crippen molar-refractivity contribution in [3.8, 4) is 0 Å². The first kappa shape index (κ1) is 11.7. The van der Waals surface area contributed by atoms with Crippen LogP contribution in [0.5, 0.6) is 0 Å². The van der Waals surface area contributed by atoms with E-state index in [1.807, 2.05) is 0 Å². The van der Waals surface area contributed by atoms with Crippen LogP contribution in [0.2, 0.25) is 0 Å². The molecule has 0 heterocycles. The molecule has 0 aliphatic rings. The average Bonchev–Trinajstić information content (AvgIpc) is 2.47. The first-order valence-electron chi connectivity index (χ1n) is 7.23. The van der Waals surface area contributed by atoms with Crippen LogP contribution in [0.15, 0.2) is 36.4 Å². The molecule has 98 valence electrons. The monoisotopic (exact) mass is 258 g/mol. The van der Waals surface area contributed by atoms with E-state index in [1.165, 1.54) is 54.6 Å². The normalized spacial score (nSPS) is 12.0. The van der Waals surface area contributed by atoms with Crippen molar-refractivity contribution in [1.82, 2.24) is 0 Å². The fraction of sp³-hybridized carbons (Fsp3) is 0.200. The van der Waals surface area contributed by atoms with Crippen LogP contribution in [0.3, 0.4) is 0 Å². The minimum atomic E-state index is 1.35. The second-order valence-electron chi connectivity index (χ2n) is 6.00. The third-order valence-electron chi connectivity index (χ3n) is 5.06. The third-order valence-corrected chi connectivity index (χ3v) is 5.06. The lowest BCUT2D eigenvalue weighted by atomic mass is 9.86. The summed E-state index contributed by atoms with van der Waals surface area (Å²) in [6.45, 7) is 8.95. The van der Waals surface area contributed by atoms with Crippen LogP contribution in [-0.4, -0.2) is 0 Å². The zero-order chi connectivity index (χ0) is 14.0. The van der Waals surface area contributed by atoms with Gasteiger partial charge in [0, 0.05) is 0 Å². The molecule has 0 aliphatic carbocycles. The lowest BCUT2D eigenvalue weighted by molar-refractivity contribution is 1.32. The Hall–Kier alpha value is -2.08. The van der Waals surface area contributed by atoms with Gasteiger partial charge in [0.05, 0.1) is 0 Å². The van der Waals surface area contributed by atoms with Crippen LogP contribution in [0, 0.1) is 27.7 Å². The summed E-state index contributed by atoms with van der Waals surface area (Å²) in [7, 11) is 0. The molecule has 0 amide bonds. The molecule has 0 unspecified atom stereocenters. The predicted octanol–water partition coefficient (Wildman–Crippen LogP) is 5.82. The van der Waals surface area contributed by atoms with Gasteiger partial charge in [-0.25, -0.2) is 0 Å². The highest BCUT2D eigenvalue weighted by Gasteiger charge is 2.14. The molecule has 0 aliphatic heterocycles. The van der Waals surface area contributed by atoms with Crippen molar-refractivity contribution in [2.45, 2.75) is 27.7 Å². The summed E-state index contributed by atoms with van der Waals surface area (Å²) in [5, 5.41) is 8.45. The summed E-state index contributed by atoms with van der Waals surface area (Å²) in [5.74, 6) is 0. The van der Waals surface area contributed by atoms with E-state index in [0.717, 1.165) is 0 Å². The number of hydrogen-bond donors (Lipinski definition) is 0. The van der Waals surface area contributed by atoms with Gasteiger partial charge in [-0.05, 0) is 82.3 Å². The molecule has 0 heteroatoms. The Morgan fingerprint density at radius 1 is 0.500 bits per heavy atom. The number of aryl methyl sites for hydroxylation is 3. The third kappa shape index (κ3) is 1.27. The maximum atomic E-state index is 2.30. The van der Waals surface area contributed by atoms with Crippen LogP contribution in [0.4, 0.5) is 0 Å². The summed E-state index contributed by atoms with van der Waals surface area (Å²) >= 11 is 0. The smallest absolute Gasteiger partial charge is 0.00212 e. The first-order chi connectivity index (χ1) is 9.59. The van der Waals surface area contributed by atoms with Crippen molar-refractivity contribution in [2.75, 3.05) is 0 Å². The van der Waals surface area contributed by atoms with Crippen LogP contribution in [-0.2, 0) is 0 Å². The molecular weight excluding hydrogens is 240 g/mol. The van der Waals surface area contributed by atoms with Gasteiger partial charge in [-0.3, -0.25) is 0 Å². The van der Waals surface area contributed by atoms with Gasteiger partial charge in [0.1, 0.15) is 0 Å². The highest BCUT2D eigenvalue weighted by atomic mass is 14.2. The highest BCUT2D eigenvalue weighted by Crippen LogP contribution is 2.39. The van der Waals surface area contributed by atoms with E-state index in [4.69, 9.17) is 0 Å². The van der Waals surface area contributed by atoms with Gasteiger partial charge >= 0.3 is 0 Å². The quantitative estimate of drug-likeness (QED) is 0.349. The minimum Gasteiger partial charge on any atom is -0.0581 e. The Bertz CT molecular complexity index is 949. The molecule has 0 fully saturated rings. The summed E-state index contributed by atoms with van der Waals surface area (Å²) in [4.78, 5) is 0. The highest BCUT2D eigenvalue weighted by molar-refractivity contribution is 6.25. The van der Waals surface area contributed by atoms with E-state index in [2.05, 4.69) is 64.1 Å². The van der Waals surface area contributed by atoms with Gasteiger partial charge < -0.3 is 0 Å². The van der Waals surface area contributed by atoms with E-state index in [1.54, 1.807) is 0 Å². The van der Waals surface area contributed by atoms with Gasteiger partial charge in [0.15, 0.2) is 0 Å². The summed E-state index contributed by atoms with van der Waals surface area (Å²) in [6.07, 6.45) is 0.